The van der Waals surface area contributed by atoms with Gasteiger partial charge in [0.15, 0.2) is 5.82 Å². The van der Waals surface area contributed by atoms with Gasteiger partial charge < -0.3 is 9.26 Å². The molecule has 1 aromatic heterocycles. The van der Waals surface area contributed by atoms with E-state index in [1.165, 1.54) is 13.3 Å². The Morgan fingerprint density at radius 3 is 3.06 bits per heavy atom. The zero-order valence-corrected chi connectivity index (χ0v) is 9.44. The highest BCUT2D eigenvalue weighted by Crippen LogP contribution is 2.16. The molecule has 88 valence electrons. The van der Waals surface area contributed by atoms with Gasteiger partial charge in [0.2, 0.25) is 5.89 Å². The highest BCUT2D eigenvalue weighted by atomic mass is 16.5. The Morgan fingerprint density at radius 1 is 1.50 bits per heavy atom. The van der Waals surface area contributed by atoms with Crippen molar-refractivity contribution in [2.24, 2.45) is 0 Å². The molecule has 0 N–H and O–H groups in total. The largest absolute Gasteiger partial charge is 0.378 e. The maximum atomic E-state index is 10.9. The number of rotatable bonds is 4. The molecule has 0 saturated carbocycles. The Kier molecular flexibility index (Phi) is 3.66. The maximum absolute atomic E-state index is 10.9. The molecule has 2 rings (SSSR count). The highest BCUT2D eigenvalue weighted by molar-refractivity contribution is 5.77. The van der Waals surface area contributed by atoms with E-state index in [0.29, 0.717) is 18.1 Å². The average Bonchev–Trinajstić information content (AvgIpc) is 2.66. The average molecular weight is 224 g/mol. The van der Waals surface area contributed by atoms with E-state index in [0.717, 1.165) is 19.4 Å². The second-order valence-corrected chi connectivity index (χ2v) is 4.18. The van der Waals surface area contributed by atoms with Crippen LogP contribution in [0.3, 0.4) is 0 Å². The molecule has 1 aliphatic rings. The second kappa shape index (κ2) is 5.21. The predicted molar refractivity (Wildman–Crippen MR) is 56.0 cm³/mol. The van der Waals surface area contributed by atoms with Gasteiger partial charge in [0.1, 0.15) is 5.78 Å². The van der Waals surface area contributed by atoms with E-state index in [-0.39, 0.29) is 18.3 Å². The van der Waals surface area contributed by atoms with Crippen LogP contribution < -0.4 is 0 Å². The molecule has 5 nitrogen and oxygen atoms in total. The molecule has 1 unspecified atom stereocenters. The van der Waals surface area contributed by atoms with E-state index in [1.807, 2.05) is 0 Å². The van der Waals surface area contributed by atoms with Crippen molar-refractivity contribution in [3.8, 4) is 0 Å². The van der Waals surface area contributed by atoms with E-state index >= 15 is 0 Å². The minimum atomic E-state index is 0.0428. The number of aromatic nitrogens is 2. The number of carbonyl (C=O) groups excluding carboxylic acids is 1. The lowest BCUT2D eigenvalue weighted by Crippen LogP contribution is -2.21. The first kappa shape index (κ1) is 11.3. The summed E-state index contributed by atoms with van der Waals surface area (Å²) in [5.74, 6) is 1.09. The monoisotopic (exact) mass is 224 g/mol. The third kappa shape index (κ3) is 3.13. The van der Waals surface area contributed by atoms with Crippen molar-refractivity contribution in [2.45, 2.75) is 45.1 Å². The van der Waals surface area contributed by atoms with Gasteiger partial charge in [0.05, 0.1) is 18.9 Å². The SMILES string of the molecule is CC(=O)Cc1noc(CC2CCCCO2)n1. The lowest BCUT2D eigenvalue weighted by Gasteiger charge is -2.20. The molecule has 0 bridgehead atoms. The van der Waals surface area contributed by atoms with Crippen LogP contribution >= 0.6 is 0 Å². The molecule has 1 fully saturated rings. The van der Waals surface area contributed by atoms with E-state index in [9.17, 15) is 4.79 Å². The molecule has 0 aliphatic carbocycles. The Morgan fingerprint density at radius 2 is 2.38 bits per heavy atom. The summed E-state index contributed by atoms with van der Waals surface area (Å²) in [7, 11) is 0. The van der Waals surface area contributed by atoms with Crippen molar-refractivity contribution < 1.29 is 14.1 Å². The fourth-order valence-corrected chi connectivity index (χ4v) is 1.83. The summed E-state index contributed by atoms with van der Waals surface area (Å²) in [6, 6.07) is 0. The Labute approximate surface area is 94.2 Å². The fraction of sp³-hybridized carbons (Fsp3) is 0.727. The molecule has 1 atom stereocenters. The molecule has 0 amide bonds. The third-order valence-corrected chi connectivity index (χ3v) is 2.59. The van der Waals surface area contributed by atoms with Gasteiger partial charge in [-0.05, 0) is 26.2 Å². The van der Waals surface area contributed by atoms with Crippen molar-refractivity contribution in [1.29, 1.82) is 0 Å². The maximum Gasteiger partial charge on any atom is 0.229 e. The zero-order chi connectivity index (χ0) is 11.4. The first-order chi connectivity index (χ1) is 7.74. The minimum absolute atomic E-state index is 0.0428. The lowest BCUT2D eigenvalue weighted by atomic mass is 10.1. The van der Waals surface area contributed by atoms with Crippen LogP contribution in [0.15, 0.2) is 4.52 Å². The summed E-state index contributed by atoms with van der Waals surface area (Å²) < 4.78 is 10.7. The Bertz CT molecular complexity index is 356. The summed E-state index contributed by atoms with van der Waals surface area (Å²) in [5.41, 5.74) is 0. The molecule has 1 aromatic rings. The fourth-order valence-electron chi connectivity index (χ4n) is 1.83. The summed E-state index contributed by atoms with van der Waals surface area (Å²) >= 11 is 0. The zero-order valence-electron chi connectivity index (χ0n) is 9.44. The number of Topliss-reactive ketones (excluding diaryl/α,β-unsaturated/α-hetero) is 1. The number of hydrogen-bond acceptors (Lipinski definition) is 5. The van der Waals surface area contributed by atoms with Gasteiger partial charge in [-0.1, -0.05) is 5.16 Å². The number of nitrogens with zero attached hydrogens (tertiary/aromatic N) is 2. The van der Waals surface area contributed by atoms with E-state index in [2.05, 4.69) is 10.1 Å². The number of ether oxygens (including phenoxy) is 1. The van der Waals surface area contributed by atoms with Gasteiger partial charge in [0.25, 0.3) is 0 Å². The Balaban J connectivity index is 1.88. The van der Waals surface area contributed by atoms with E-state index in [4.69, 9.17) is 9.26 Å². The molecule has 2 heterocycles. The molecule has 5 heteroatoms. The standard InChI is InChI=1S/C11H16N2O3/c1-8(14)6-10-12-11(16-13-10)7-9-4-2-3-5-15-9/h9H,2-7H2,1H3. The number of carbonyl (C=O) groups is 1. The van der Waals surface area contributed by atoms with E-state index < -0.39 is 0 Å². The van der Waals surface area contributed by atoms with Crippen LogP contribution in [0.2, 0.25) is 0 Å². The molecule has 16 heavy (non-hydrogen) atoms. The van der Waals surface area contributed by atoms with Gasteiger partial charge in [-0.15, -0.1) is 0 Å². The quantitative estimate of drug-likeness (QED) is 0.771. The van der Waals surface area contributed by atoms with Crippen LogP contribution in [-0.4, -0.2) is 28.6 Å². The van der Waals surface area contributed by atoms with Gasteiger partial charge in [-0.25, -0.2) is 0 Å². The summed E-state index contributed by atoms with van der Waals surface area (Å²) in [4.78, 5) is 15.0. The Hall–Kier alpha value is -1.23. The molecule has 0 spiro atoms. The van der Waals surface area contributed by atoms with Crippen LogP contribution in [-0.2, 0) is 22.4 Å². The van der Waals surface area contributed by atoms with Crippen LogP contribution in [0, 0.1) is 0 Å². The van der Waals surface area contributed by atoms with Gasteiger partial charge in [-0.2, -0.15) is 4.98 Å². The first-order valence-electron chi connectivity index (χ1n) is 5.66. The first-order valence-corrected chi connectivity index (χ1v) is 5.66. The number of ketones is 1. The van der Waals surface area contributed by atoms with Gasteiger partial charge in [-0.3, -0.25) is 4.79 Å². The minimum Gasteiger partial charge on any atom is -0.378 e. The topological polar surface area (TPSA) is 65.2 Å². The van der Waals surface area contributed by atoms with Crippen LogP contribution in [0.1, 0.15) is 37.9 Å². The van der Waals surface area contributed by atoms with Crippen LogP contribution in [0.25, 0.3) is 0 Å². The molecule has 0 radical (unpaired) electrons. The highest BCUT2D eigenvalue weighted by Gasteiger charge is 2.18. The molecule has 1 aliphatic heterocycles. The normalized spacial score (nSPS) is 20.9. The van der Waals surface area contributed by atoms with Crippen molar-refractivity contribution >= 4 is 5.78 Å². The second-order valence-electron chi connectivity index (χ2n) is 4.18. The lowest BCUT2D eigenvalue weighted by molar-refractivity contribution is -0.116. The molecule has 1 saturated heterocycles. The summed E-state index contributed by atoms with van der Waals surface area (Å²) in [6.07, 6.45) is 4.47. The van der Waals surface area contributed by atoms with E-state index in [1.54, 1.807) is 0 Å². The molecule has 0 aromatic carbocycles. The van der Waals surface area contributed by atoms with Crippen molar-refractivity contribution in [1.82, 2.24) is 10.1 Å². The smallest absolute Gasteiger partial charge is 0.229 e. The molecular formula is C11H16N2O3. The molecular weight excluding hydrogens is 208 g/mol. The van der Waals surface area contributed by atoms with Gasteiger partial charge >= 0.3 is 0 Å². The third-order valence-electron chi connectivity index (χ3n) is 2.59. The van der Waals surface area contributed by atoms with Crippen LogP contribution in [0.5, 0.6) is 0 Å². The van der Waals surface area contributed by atoms with Crippen molar-refractivity contribution in [3.63, 3.8) is 0 Å². The van der Waals surface area contributed by atoms with Crippen molar-refractivity contribution in [3.05, 3.63) is 11.7 Å². The van der Waals surface area contributed by atoms with Crippen LogP contribution in [0.4, 0.5) is 0 Å². The van der Waals surface area contributed by atoms with Crippen molar-refractivity contribution in [2.75, 3.05) is 6.61 Å². The van der Waals surface area contributed by atoms with Gasteiger partial charge in [0, 0.05) is 6.61 Å². The summed E-state index contributed by atoms with van der Waals surface area (Å²) in [5, 5.41) is 3.76. The predicted octanol–water partition coefficient (Wildman–Crippen LogP) is 1.31. The summed E-state index contributed by atoms with van der Waals surface area (Å²) in [6.45, 7) is 2.33. The number of hydrogen-bond donors (Lipinski definition) is 0.